The van der Waals surface area contributed by atoms with Crippen LogP contribution in [0.25, 0.3) is 0 Å². The van der Waals surface area contributed by atoms with Crippen LogP contribution in [0.3, 0.4) is 0 Å². The smallest absolute Gasteiger partial charge is 0.0292 e. The fourth-order valence-corrected chi connectivity index (χ4v) is 2.95. The summed E-state index contributed by atoms with van der Waals surface area (Å²) in [4.78, 5) is 0. The molecule has 3 unspecified atom stereocenters. The maximum Gasteiger partial charge on any atom is 0.0292 e. The molecule has 0 saturated heterocycles. The van der Waals surface area contributed by atoms with Crippen molar-refractivity contribution in [3.05, 3.63) is 0 Å². The Bertz CT molecular complexity index is 105. The molecular formula is C8H16IN. The van der Waals surface area contributed by atoms with Crippen LogP contribution >= 0.6 is 22.6 Å². The molecule has 0 aliphatic heterocycles. The molecule has 1 aliphatic rings. The minimum atomic E-state index is 0.803. The van der Waals surface area contributed by atoms with Gasteiger partial charge in [-0.2, -0.15) is 0 Å². The number of hydrogen-bond donors (Lipinski definition) is 1. The summed E-state index contributed by atoms with van der Waals surface area (Å²) in [7, 11) is 2.07. The molecule has 3 atom stereocenters. The third kappa shape index (κ3) is 1.64. The fraction of sp³-hybridized carbons (Fsp3) is 1.00. The van der Waals surface area contributed by atoms with Crippen molar-refractivity contribution in [2.75, 3.05) is 7.05 Å². The van der Waals surface area contributed by atoms with Gasteiger partial charge in [0, 0.05) is 9.97 Å². The van der Waals surface area contributed by atoms with Crippen LogP contribution in [-0.4, -0.2) is 17.0 Å². The highest BCUT2D eigenvalue weighted by Gasteiger charge is 2.36. The second-order valence-electron chi connectivity index (χ2n) is 3.12. The molecule has 1 rings (SSSR count). The Labute approximate surface area is 77.1 Å². The normalized spacial score (nSPS) is 39.3. The number of rotatable bonds is 3. The quantitative estimate of drug-likeness (QED) is 0.600. The highest BCUT2D eigenvalue weighted by molar-refractivity contribution is 14.1. The van der Waals surface area contributed by atoms with Gasteiger partial charge in [0.25, 0.3) is 0 Å². The number of hydrogen-bond acceptors (Lipinski definition) is 1. The number of nitrogens with one attached hydrogen (secondary N) is 1. The molecule has 0 amide bonds. The van der Waals surface area contributed by atoms with Crippen molar-refractivity contribution in [2.45, 2.75) is 36.2 Å². The van der Waals surface area contributed by atoms with Crippen molar-refractivity contribution in [2.24, 2.45) is 5.92 Å². The van der Waals surface area contributed by atoms with Crippen molar-refractivity contribution in [3.8, 4) is 0 Å². The van der Waals surface area contributed by atoms with Gasteiger partial charge in [0.2, 0.25) is 0 Å². The predicted molar refractivity (Wildman–Crippen MR) is 53.7 cm³/mol. The molecule has 1 N–H and O–H groups in total. The Morgan fingerprint density at radius 2 is 2.30 bits per heavy atom. The molecule has 0 aromatic heterocycles. The lowest BCUT2D eigenvalue weighted by Crippen LogP contribution is -2.49. The van der Waals surface area contributed by atoms with Gasteiger partial charge < -0.3 is 5.32 Å². The second-order valence-corrected chi connectivity index (χ2v) is 4.56. The van der Waals surface area contributed by atoms with Crippen molar-refractivity contribution >= 4 is 22.6 Å². The molecule has 1 fully saturated rings. The van der Waals surface area contributed by atoms with Gasteiger partial charge in [-0.15, -0.1) is 0 Å². The Balaban J connectivity index is 2.18. The molecule has 0 bridgehead atoms. The standard InChI is InChI=1S/C8H16IN/c1-3-4-6-5-7(10-2)8(6)9/h6-8,10H,3-5H2,1-2H3. The average Bonchev–Trinajstić information content (AvgIpc) is 1.96. The van der Waals surface area contributed by atoms with Crippen molar-refractivity contribution in [1.82, 2.24) is 5.32 Å². The maximum absolute atomic E-state index is 3.33. The van der Waals surface area contributed by atoms with E-state index in [1.54, 1.807) is 0 Å². The topological polar surface area (TPSA) is 12.0 Å². The van der Waals surface area contributed by atoms with Crippen LogP contribution in [0, 0.1) is 5.92 Å². The zero-order chi connectivity index (χ0) is 7.56. The minimum absolute atomic E-state index is 0.803. The van der Waals surface area contributed by atoms with Gasteiger partial charge in [-0.3, -0.25) is 0 Å². The van der Waals surface area contributed by atoms with Gasteiger partial charge in [0.05, 0.1) is 0 Å². The first-order valence-electron chi connectivity index (χ1n) is 4.11. The first kappa shape index (κ1) is 8.78. The largest absolute Gasteiger partial charge is 0.316 e. The summed E-state index contributed by atoms with van der Waals surface area (Å²) in [5.74, 6) is 1.00. The summed E-state index contributed by atoms with van der Waals surface area (Å²) in [5, 5.41) is 3.33. The van der Waals surface area contributed by atoms with Gasteiger partial charge in [0.15, 0.2) is 0 Å². The van der Waals surface area contributed by atoms with Crippen LogP contribution in [0.2, 0.25) is 0 Å². The van der Waals surface area contributed by atoms with Crippen LogP contribution in [0.4, 0.5) is 0 Å². The fourth-order valence-electron chi connectivity index (χ4n) is 1.64. The van der Waals surface area contributed by atoms with E-state index >= 15 is 0 Å². The van der Waals surface area contributed by atoms with Crippen molar-refractivity contribution in [1.29, 1.82) is 0 Å². The molecule has 0 aromatic rings. The van der Waals surface area contributed by atoms with Gasteiger partial charge in [0.1, 0.15) is 0 Å². The van der Waals surface area contributed by atoms with Gasteiger partial charge in [-0.1, -0.05) is 35.9 Å². The van der Waals surface area contributed by atoms with Crippen LogP contribution in [0.15, 0.2) is 0 Å². The second kappa shape index (κ2) is 3.90. The molecule has 10 heavy (non-hydrogen) atoms. The predicted octanol–water partition coefficient (Wildman–Crippen LogP) is 2.20. The van der Waals surface area contributed by atoms with Crippen LogP contribution in [0.5, 0.6) is 0 Å². The van der Waals surface area contributed by atoms with Crippen LogP contribution < -0.4 is 5.32 Å². The Hall–Kier alpha value is 0.690. The summed E-state index contributed by atoms with van der Waals surface area (Å²) in [5.41, 5.74) is 0. The number of halogens is 1. The first-order valence-corrected chi connectivity index (χ1v) is 5.35. The molecule has 0 aromatic carbocycles. The van der Waals surface area contributed by atoms with Crippen molar-refractivity contribution in [3.63, 3.8) is 0 Å². The monoisotopic (exact) mass is 253 g/mol. The van der Waals surface area contributed by atoms with E-state index in [0.717, 1.165) is 15.9 Å². The molecule has 60 valence electrons. The molecule has 0 radical (unpaired) electrons. The molecule has 1 saturated carbocycles. The van der Waals surface area contributed by atoms with E-state index in [0.29, 0.717) is 0 Å². The lowest BCUT2D eigenvalue weighted by atomic mass is 9.78. The molecule has 2 heteroatoms. The van der Waals surface area contributed by atoms with E-state index in [-0.39, 0.29) is 0 Å². The molecular weight excluding hydrogens is 237 g/mol. The zero-order valence-electron chi connectivity index (χ0n) is 6.73. The van der Waals surface area contributed by atoms with Gasteiger partial charge in [-0.25, -0.2) is 0 Å². The maximum atomic E-state index is 3.33. The summed E-state index contributed by atoms with van der Waals surface area (Å²) in [6.45, 7) is 2.27. The van der Waals surface area contributed by atoms with Crippen molar-refractivity contribution < 1.29 is 0 Å². The Morgan fingerprint density at radius 1 is 1.60 bits per heavy atom. The Kier molecular flexibility index (Phi) is 3.43. The Morgan fingerprint density at radius 3 is 2.70 bits per heavy atom. The van der Waals surface area contributed by atoms with Gasteiger partial charge >= 0.3 is 0 Å². The summed E-state index contributed by atoms with van der Waals surface area (Å²) in [6, 6.07) is 0.803. The van der Waals surface area contributed by atoms with Gasteiger partial charge in [-0.05, 0) is 25.8 Å². The van der Waals surface area contributed by atoms with Crippen LogP contribution in [-0.2, 0) is 0 Å². The summed E-state index contributed by atoms with van der Waals surface area (Å²) in [6.07, 6.45) is 4.17. The van der Waals surface area contributed by atoms with E-state index in [9.17, 15) is 0 Å². The third-order valence-corrected chi connectivity index (χ3v) is 4.31. The average molecular weight is 253 g/mol. The molecule has 0 spiro atoms. The molecule has 1 nitrogen and oxygen atoms in total. The van der Waals surface area contributed by atoms with E-state index in [4.69, 9.17) is 0 Å². The van der Waals surface area contributed by atoms with E-state index in [1.165, 1.54) is 19.3 Å². The molecule has 0 heterocycles. The van der Waals surface area contributed by atoms with Crippen LogP contribution in [0.1, 0.15) is 26.2 Å². The molecule has 1 aliphatic carbocycles. The lowest BCUT2D eigenvalue weighted by Gasteiger charge is -2.41. The van der Waals surface area contributed by atoms with E-state index in [2.05, 4.69) is 41.9 Å². The highest BCUT2D eigenvalue weighted by Crippen LogP contribution is 2.37. The highest BCUT2D eigenvalue weighted by atomic mass is 127. The summed E-state index contributed by atoms with van der Waals surface area (Å²) < 4.78 is 0.891. The minimum Gasteiger partial charge on any atom is -0.316 e. The van der Waals surface area contributed by atoms with E-state index in [1.807, 2.05) is 0 Å². The zero-order valence-corrected chi connectivity index (χ0v) is 8.89. The van der Waals surface area contributed by atoms with E-state index < -0.39 is 0 Å². The lowest BCUT2D eigenvalue weighted by molar-refractivity contribution is 0.244. The first-order chi connectivity index (χ1) is 4.79. The number of alkyl halides is 1. The SMILES string of the molecule is CCCC1CC(NC)C1I. The summed E-state index contributed by atoms with van der Waals surface area (Å²) >= 11 is 2.58. The third-order valence-electron chi connectivity index (χ3n) is 2.42.